The zero-order valence-corrected chi connectivity index (χ0v) is 7.34. The van der Waals surface area contributed by atoms with Crippen LogP contribution in [0.25, 0.3) is 0 Å². The fraction of sp³-hybridized carbons (Fsp3) is 0.667. The smallest absolute Gasteiger partial charge is 0.181 e. The molecule has 1 aromatic heterocycles. The molecular weight excluding hydrogens is 152 g/mol. The molecule has 66 valence electrons. The Morgan fingerprint density at radius 1 is 1.67 bits per heavy atom. The van der Waals surface area contributed by atoms with Crippen molar-refractivity contribution in [2.75, 3.05) is 6.54 Å². The third kappa shape index (κ3) is 1.50. The molecule has 12 heavy (non-hydrogen) atoms. The molecule has 0 aliphatic heterocycles. The van der Waals surface area contributed by atoms with Crippen LogP contribution in [0.3, 0.4) is 0 Å². The second kappa shape index (κ2) is 3.27. The molecule has 1 heterocycles. The van der Waals surface area contributed by atoms with Gasteiger partial charge in [0.25, 0.3) is 0 Å². The number of rotatable bonds is 4. The molecule has 0 saturated heterocycles. The van der Waals surface area contributed by atoms with Crippen LogP contribution in [-0.4, -0.2) is 11.5 Å². The Balaban J connectivity index is 2.03. The van der Waals surface area contributed by atoms with Gasteiger partial charge in [0.1, 0.15) is 5.76 Å². The van der Waals surface area contributed by atoms with Crippen LogP contribution in [0.5, 0.6) is 0 Å². The minimum absolute atomic E-state index is 0.668. The van der Waals surface area contributed by atoms with Gasteiger partial charge in [-0.1, -0.05) is 6.92 Å². The highest BCUT2D eigenvalue weighted by molar-refractivity contribution is 5.17. The lowest BCUT2D eigenvalue weighted by Gasteiger charge is -1.98. The van der Waals surface area contributed by atoms with Gasteiger partial charge in [0.05, 0.1) is 5.69 Å². The van der Waals surface area contributed by atoms with Crippen LogP contribution in [0.4, 0.5) is 0 Å². The fourth-order valence-electron chi connectivity index (χ4n) is 1.33. The first-order valence-corrected chi connectivity index (χ1v) is 4.54. The number of oxazole rings is 1. The van der Waals surface area contributed by atoms with Crippen molar-refractivity contribution in [3.05, 3.63) is 17.8 Å². The second-order valence-electron chi connectivity index (χ2n) is 3.22. The monoisotopic (exact) mass is 166 g/mol. The molecule has 1 fully saturated rings. The summed E-state index contributed by atoms with van der Waals surface area (Å²) in [7, 11) is 0. The van der Waals surface area contributed by atoms with E-state index in [-0.39, 0.29) is 0 Å². The molecule has 1 saturated carbocycles. The predicted molar refractivity (Wildman–Crippen MR) is 45.9 cm³/mol. The Kier molecular flexibility index (Phi) is 2.13. The largest absolute Gasteiger partial charge is 0.448 e. The molecule has 0 unspecified atom stereocenters. The minimum atomic E-state index is 0.668. The lowest BCUT2D eigenvalue weighted by atomic mass is 10.2. The Morgan fingerprint density at radius 2 is 2.50 bits per heavy atom. The van der Waals surface area contributed by atoms with E-state index >= 15 is 0 Å². The summed E-state index contributed by atoms with van der Waals surface area (Å²) in [5.41, 5.74) is 1.10. The Morgan fingerprint density at radius 3 is 3.17 bits per heavy atom. The van der Waals surface area contributed by atoms with Gasteiger partial charge in [-0.05, 0) is 19.4 Å². The molecule has 3 heteroatoms. The number of hydrogen-bond donors (Lipinski definition) is 1. The minimum Gasteiger partial charge on any atom is -0.448 e. The van der Waals surface area contributed by atoms with Gasteiger partial charge in [0.15, 0.2) is 6.39 Å². The standard InChI is InChI=1S/C9H14N2O/c1-2-10-5-8-9(7-3-4-7)12-6-11-8/h6-7,10H,2-5H2,1H3. The molecule has 1 N–H and O–H groups in total. The van der Waals surface area contributed by atoms with E-state index in [2.05, 4.69) is 17.2 Å². The summed E-state index contributed by atoms with van der Waals surface area (Å²) in [5.74, 6) is 1.78. The summed E-state index contributed by atoms with van der Waals surface area (Å²) in [5, 5.41) is 3.25. The van der Waals surface area contributed by atoms with Crippen LogP contribution in [0.15, 0.2) is 10.8 Å². The van der Waals surface area contributed by atoms with Crippen molar-refractivity contribution < 1.29 is 4.42 Å². The van der Waals surface area contributed by atoms with Crippen LogP contribution in [0.2, 0.25) is 0 Å². The van der Waals surface area contributed by atoms with Gasteiger partial charge >= 0.3 is 0 Å². The van der Waals surface area contributed by atoms with Gasteiger partial charge in [0, 0.05) is 12.5 Å². The zero-order valence-electron chi connectivity index (χ0n) is 7.34. The molecule has 0 radical (unpaired) electrons. The van der Waals surface area contributed by atoms with Crippen molar-refractivity contribution in [1.29, 1.82) is 0 Å². The quantitative estimate of drug-likeness (QED) is 0.739. The molecule has 0 bridgehead atoms. The maximum atomic E-state index is 5.33. The lowest BCUT2D eigenvalue weighted by molar-refractivity contribution is 0.501. The first-order chi connectivity index (χ1) is 5.92. The summed E-state index contributed by atoms with van der Waals surface area (Å²) in [6.07, 6.45) is 4.10. The third-order valence-corrected chi connectivity index (χ3v) is 2.16. The van der Waals surface area contributed by atoms with Gasteiger partial charge in [-0.25, -0.2) is 4.98 Å². The Hall–Kier alpha value is -0.830. The van der Waals surface area contributed by atoms with Crippen LogP contribution in [-0.2, 0) is 6.54 Å². The molecule has 0 aromatic carbocycles. The van der Waals surface area contributed by atoms with Crippen molar-refractivity contribution in [1.82, 2.24) is 10.3 Å². The number of aromatic nitrogens is 1. The van der Waals surface area contributed by atoms with Crippen LogP contribution in [0.1, 0.15) is 37.1 Å². The summed E-state index contributed by atoms with van der Waals surface area (Å²) >= 11 is 0. The second-order valence-corrected chi connectivity index (χ2v) is 3.22. The predicted octanol–water partition coefficient (Wildman–Crippen LogP) is 1.66. The Labute approximate surface area is 72.2 Å². The van der Waals surface area contributed by atoms with E-state index in [4.69, 9.17) is 4.42 Å². The fourth-order valence-corrected chi connectivity index (χ4v) is 1.33. The number of nitrogens with zero attached hydrogens (tertiary/aromatic N) is 1. The van der Waals surface area contributed by atoms with Gasteiger partial charge in [-0.15, -0.1) is 0 Å². The van der Waals surface area contributed by atoms with Gasteiger partial charge in [0.2, 0.25) is 0 Å². The Bertz CT molecular complexity index is 253. The molecule has 2 rings (SSSR count). The average Bonchev–Trinajstić information content (AvgIpc) is 2.83. The van der Waals surface area contributed by atoms with Crippen LogP contribution >= 0.6 is 0 Å². The van der Waals surface area contributed by atoms with E-state index in [1.54, 1.807) is 6.39 Å². The van der Waals surface area contributed by atoms with Crippen LogP contribution < -0.4 is 5.32 Å². The molecular formula is C9H14N2O. The average molecular weight is 166 g/mol. The first-order valence-electron chi connectivity index (χ1n) is 4.54. The molecule has 0 amide bonds. The molecule has 0 spiro atoms. The lowest BCUT2D eigenvalue weighted by Crippen LogP contribution is -2.13. The number of nitrogens with one attached hydrogen (secondary N) is 1. The highest BCUT2D eigenvalue weighted by Crippen LogP contribution is 2.41. The van der Waals surface area contributed by atoms with E-state index in [0.717, 1.165) is 24.5 Å². The summed E-state index contributed by atoms with van der Waals surface area (Å²) in [6.45, 7) is 3.92. The molecule has 3 nitrogen and oxygen atoms in total. The van der Waals surface area contributed by atoms with Crippen molar-refractivity contribution in [2.45, 2.75) is 32.2 Å². The summed E-state index contributed by atoms with van der Waals surface area (Å²) in [4.78, 5) is 4.19. The molecule has 1 aliphatic rings. The van der Waals surface area contributed by atoms with E-state index in [1.165, 1.54) is 12.8 Å². The van der Waals surface area contributed by atoms with Crippen molar-refractivity contribution in [2.24, 2.45) is 0 Å². The molecule has 1 aromatic rings. The van der Waals surface area contributed by atoms with E-state index in [0.29, 0.717) is 5.92 Å². The van der Waals surface area contributed by atoms with E-state index in [9.17, 15) is 0 Å². The van der Waals surface area contributed by atoms with E-state index in [1.807, 2.05) is 0 Å². The molecule has 0 atom stereocenters. The summed E-state index contributed by atoms with van der Waals surface area (Å²) < 4.78 is 5.33. The maximum Gasteiger partial charge on any atom is 0.181 e. The zero-order chi connectivity index (χ0) is 8.39. The third-order valence-electron chi connectivity index (χ3n) is 2.16. The molecule has 1 aliphatic carbocycles. The van der Waals surface area contributed by atoms with E-state index < -0.39 is 0 Å². The highest BCUT2D eigenvalue weighted by atomic mass is 16.3. The van der Waals surface area contributed by atoms with Gasteiger partial charge in [-0.3, -0.25) is 0 Å². The summed E-state index contributed by atoms with van der Waals surface area (Å²) in [6, 6.07) is 0. The van der Waals surface area contributed by atoms with Crippen molar-refractivity contribution in [3.8, 4) is 0 Å². The van der Waals surface area contributed by atoms with Crippen molar-refractivity contribution >= 4 is 0 Å². The number of hydrogen-bond acceptors (Lipinski definition) is 3. The maximum absolute atomic E-state index is 5.33. The first kappa shape index (κ1) is 7.80. The van der Waals surface area contributed by atoms with Crippen molar-refractivity contribution in [3.63, 3.8) is 0 Å². The SMILES string of the molecule is CCNCc1ncoc1C1CC1. The van der Waals surface area contributed by atoms with Gasteiger partial charge in [-0.2, -0.15) is 0 Å². The highest BCUT2D eigenvalue weighted by Gasteiger charge is 2.29. The van der Waals surface area contributed by atoms with Crippen LogP contribution in [0, 0.1) is 0 Å². The van der Waals surface area contributed by atoms with Gasteiger partial charge < -0.3 is 9.73 Å². The topological polar surface area (TPSA) is 38.1 Å². The normalized spacial score (nSPS) is 16.8.